The maximum Gasteiger partial charge on any atom is 0.309 e. The van der Waals surface area contributed by atoms with Crippen LogP contribution < -0.4 is 15.4 Å². The molecule has 0 unspecified atom stereocenters. The molecule has 0 spiro atoms. The van der Waals surface area contributed by atoms with Gasteiger partial charge in [0, 0.05) is 26.7 Å². The van der Waals surface area contributed by atoms with E-state index in [0.29, 0.717) is 6.07 Å². The van der Waals surface area contributed by atoms with Gasteiger partial charge < -0.3 is 30.0 Å². The average Bonchev–Trinajstić information content (AvgIpc) is 3.21. The maximum absolute atomic E-state index is 13.7. The van der Waals surface area contributed by atoms with E-state index in [1.165, 1.54) is 14.0 Å². The minimum absolute atomic E-state index is 0.0524. The fraction of sp³-hybridized carbons (Fsp3) is 0.476. The summed E-state index contributed by atoms with van der Waals surface area (Å²) in [5, 5.41) is 26.6. The van der Waals surface area contributed by atoms with E-state index >= 15 is 0 Å². The van der Waals surface area contributed by atoms with Gasteiger partial charge in [0.1, 0.15) is 30.1 Å². The molecule has 12 nitrogen and oxygen atoms in total. The predicted molar refractivity (Wildman–Crippen MR) is 122 cm³/mol. The van der Waals surface area contributed by atoms with E-state index in [2.05, 4.69) is 15.6 Å². The molecule has 1 aromatic heterocycles. The number of oxazole rings is 1. The van der Waals surface area contributed by atoms with Gasteiger partial charge in [0.15, 0.2) is 5.69 Å². The van der Waals surface area contributed by atoms with Crippen molar-refractivity contribution in [3.8, 4) is 0 Å². The van der Waals surface area contributed by atoms with Crippen molar-refractivity contribution in [3.05, 3.63) is 47.4 Å². The smallest absolute Gasteiger partial charge is 0.309 e. The van der Waals surface area contributed by atoms with Crippen molar-refractivity contribution in [2.75, 3.05) is 24.7 Å². The quantitative estimate of drug-likeness (QED) is 0.235. The zero-order valence-electron chi connectivity index (χ0n) is 19.7. The first kappa shape index (κ1) is 29.1. The van der Waals surface area contributed by atoms with Crippen molar-refractivity contribution >= 4 is 27.9 Å². The number of nitrogens with one attached hydrogen (secondary N) is 3. The number of methoxy groups -OCH3 is 1. The number of ether oxygens (including phenoxy) is 1. The number of hydrogen-bond acceptors (Lipinski definition) is 9. The molecule has 0 saturated heterocycles. The monoisotopic (exact) mass is 534 g/mol. The third-order valence-corrected chi connectivity index (χ3v) is 5.45. The Hall–Kier alpha value is -3.14. The summed E-state index contributed by atoms with van der Waals surface area (Å²) in [5.74, 6) is -3.23. The van der Waals surface area contributed by atoms with Gasteiger partial charge in [-0.05, 0) is 30.5 Å². The minimum Gasteiger partial charge on any atom is -0.431 e. The van der Waals surface area contributed by atoms with Crippen LogP contribution in [-0.2, 0) is 26.0 Å². The lowest BCUT2D eigenvalue weighted by Crippen LogP contribution is -2.56. The van der Waals surface area contributed by atoms with E-state index in [1.807, 2.05) is 4.72 Å². The van der Waals surface area contributed by atoms with E-state index in [1.54, 1.807) is 0 Å². The Balaban J connectivity index is 2.32. The number of nitrogens with zero attached hydrogens (tertiary/aromatic N) is 1. The Bertz CT molecular complexity index is 1140. The number of rotatable bonds is 13. The van der Waals surface area contributed by atoms with Crippen LogP contribution in [0.3, 0.4) is 0 Å². The molecule has 36 heavy (non-hydrogen) atoms. The highest BCUT2D eigenvalue weighted by Crippen LogP contribution is 2.17. The van der Waals surface area contributed by atoms with Gasteiger partial charge in [-0.2, -0.15) is 4.98 Å². The fourth-order valence-electron chi connectivity index (χ4n) is 3.38. The first-order chi connectivity index (χ1) is 16.8. The van der Waals surface area contributed by atoms with Crippen LogP contribution in [0.4, 0.5) is 14.8 Å². The number of carbonyl (C=O) groups excluding carboxylic acids is 2. The lowest BCUT2D eigenvalue weighted by molar-refractivity contribution is -0.121. The second kappa shape index (κ2) is 12.7. The topological polar surface area (TPSA) is 180 Å². The standard InChI is InChI=1S/C21H28F2N4O8S/c1-11(28)24-15(4-5-34-2)18(29)19(30)16(8-12-6-13(22)9-14(23)7-12)25-20(31)17-10-35-21(26-17)27-36(3,32)33/h6-7,9-10,15-16,18-19,29-30H,4-5,8H2,1-3H3,(H,24,28)(H,25,31)(H,26,27)/t15-,16+,18-,19-/m1/s1. The van der Waals surface area contributed by atoms with Crippen LogP contribution in [0.15, 0.2) is 28.9 Å². The number of halogens is 2. The van der Waals surface area contributed by atoms with Crippen molar-refractivity contribution in [2.45, 2.75) is 44.1 Å². The summed E-state index contributed by atoms with van der Waals surface area (Å²) in [6, 6.07) is -0.193. The number of anilines is 1. The molecule has 0 saturated carbocycles. The van der Waals surface area contributed by atoms with E-state index in [4.69, 9.17) is 9.15 Å². The van der Waals surface area contributed by atoms with Gasteiger partial charge >= 0.3 is 6.01 Å². The number of hydrogen-bond donors (Lipinski definition) is 5. The van der Waals surface area contributed by atoms with Crippen LogP contribution in [-0.4, -0.2) is 79.7 Å². The number of benzene rings is 1. The summed E-state index contributed by atoms with van der Waals surface area (Å²) in [7, 11) is -2.34. The number of sulfonamides is 1. The fourth-order valence-corrected chi connectivity index (χ4v) is 3.79. The first-order valence-corrected chi connectivity index (χ1v) is 12.5. The van der Waals surface area contributed by atoms with Gasteiger partial charge in [-0.3, -0.25) is 9.59 Å². The molecule has 0 aliphatic heterocycles. The van der Waals surface area contributed by atoms with Gasteiger partial charge in [0.2, 0.25) is 15.9 Å². The van der Waals surface area contributed by atoms with E-state index in [0.717, 1.165) is 24.7 Å². The lowest BCUT2D eigenvalue weighted by atomic mass is 9.92. The van der Waals surface area contributed by atoms with Crippen molar-refractivity contribution in [1.82, 2.24) is 15.6 Å². The van der Waals surface area contributed by atoms with Crippen molar-refractivity contribution in [1.29, 1.82) is 0 Å². The molecule has 0 bridgehead atoms. The summed E-state index contributed by atoms with van der Waals surface area (Å²) in [6.45, 7) is 1.33. The zero-order chi connectivity index (χ0) is 27.0. The van der Waals surface area contributed by atoms with Crippen LogP contribution >= 0.6 is 0 Å². The van der Waals surface area contributed by atoms with Crippen LogP contribution in [0, 0.1) is 11.6 Å². The van der Waals surface area contributed by atoms with Crippen LogP contribution in [0.5, 0.6) is 0 Å². The Kier molecular flexibility index (Phi) is 10.3. The molecule has 1 aromatic carbocycles. The third kappa shape index (κ3) is 9.14. The summed E-state index contributed by atoms with van der Waals surface area (Å²) < 4.78 is 61.9. The molecule has 200 valence electrons. The summed E-state index contributed by atoms with van der Waals surface area (Å²) in [5.41, 5.74) is -0.326. The van der Waals surface area contributed by atoms with Crippen molar-refractivity contribution in [3.63, 3.8) is 0 Å². The van der Waals surface area contributed by atoms with Crippen molar-refractivity contribution in [2.24, 2.45) is 0 Å². The molecule has 1 heterocycles. The molecule has 2 aromatic rings. The molecule has 4 atom stereocenters. The van der Waals surface area contributed by atoms with E-state index in [-0.39, 0.29) is 30.7 Å². The summed E-state index contributed by atoms with van der Waals surface area (Å²) >= 11 is 0. The molecule has 0 aliphatic carbocycles. The zero-order valence-corrected chi connectivity index (χ0v) is 20.5. The van der Waals surface area contributed by atoms with Gasteiger partial charge in [0.25, 0.3) is 5.91 Å². The van der Waals surface area contributed by atoms with Gasteiger partial charge in [0.05, 0.1) is 18.3 Å². The predicted octanol–water partition coefficient (Wildman–Crippen LogP) is -0.0716. The lowest BCUT2D eigenvalue weighted by Gasteiger charge is -2.32. The van der Waals surface area contributed by atoms with E-state index in [9.17, 15) is 37.0 Å². The number of aromatic nitrogens is 1. The molecule has 0 fully saturated rings. The molecule has 2 amide bonds. The Morgan fingerprint density at radius 3 is 2.28 bits per heavy atom. The summed E-state index contributed by atoms with van der Waals surface area (Å²) in [4.78, 5) is 28.0. The summed E-state index contributed by atoms with van der Waals surface area (Å²) in [6.07, 6.45) is -1.90. The Morgan fingerprint density at radius 2 is 1.72 bits per heavy atom. The molecule has 0 radical (unpaired) electrons. The number of amides is 2. The minimum atomic E-state index is -3.74. The molecule has 5 N–H and O–H groups in total. The SMILES string of the molecule is COCC[C@@H](NC(C)=O)[C@@H](O)[C@H](O)[C@H](Cc1cc(F)cc(F)c1)NC(=O)c1coc(NS(C)(=O)=O)n1. The Labute approximate surface area is 206 Å². The maximum atomic E-state index is 13.7. The normalized spacial score (nSPS) is 15.0. The van der Waals surface area contributed by atoms with Crippen LogP contribution in [0.25, 0.3) is 0 Å². The molecular formula is C21H28F2N4O8S. The molecular weight excluding hydrogens is 506 g/mol. The number of aliphatic hydroxyl groups is 2. The highest BCUT2D eigenvalue weighted by Gasteiger charge is 2.34. The largest absolute Gasteiger partial charge is 0.431 e. The highest BCUT2D eigenvalue weighted by molar-refractivity contribution is 7.91. The van der Waals surface area contributed by atoms with Crippen molar-refractivity contribution < 1.29 is 46.2 Å². The van der Waals surface area contributed by atoms with Crippen LogP contribution in [0.1, 0.15) is 29.4 Å². The van der Waals surface area contributed by atoms with Crippen LogP contribution in [0.2, 0.25) is 0 Å². The second-order valence-electron chi connectivity index (χ2n) is 8.04. The average molecular weight is 535 g/mol. The third-order valence-electron chi connectivity index (χ3n) is 4.90. The van der Waals surface area contributed by atoms with Gasteiger partial charge in [-0.25, -0.2) is 21.9 Å². The highest BCUT2D eigenvalue weighted by atomic mass is 32.2. The van der Waals surface area contributed by atoms with E-state index < -0.39 is 63.8 Å². The van der Waals surface area contributed by atoms with Gasteiger partial charge in [-0.15, -0.1) is 0 Å². The molecule has 15 heteroatoms. The Morgan fingerprint density at radius 1 is 1.11 bits per heavy atom. The van der Waals surface area contributed by atoms with Gasteiger partial charge in [-0.1, -0.05) is 0 Å². The molecule has 2 rings (SSSR count). The second-order valence-corrected chi connectivity index (χ2v) is 9.79. The first-order valence-electron chi connectivity index (χ1n) is 10.6. The number of aliphatic hydroxyl groups excluding tert-OH is 2. The number of carbonyl (C=O) groups is 2. The molecule has 0 aliphatic rings.